The number of fused-ring (bicyclic) bond motifs is 3. The van der Waals surface area contributed by atoms with Crippen LogP contribution in [0.5, 0.6) is 0 Å². The van der Waals surface area contributed by atoms with Crippen molar-refractivity contribution in [1.29, 1.82) is 0 Å². The Kier molecular flexibility index (Phi) is 4.26. The molecule has 104 valence electrons. The summed E-state index contributed by atoms with van der Waals surface area (Å²) in [6, 6.07) is 8.40. The molecule has 0 spiro atoms. The first-order chi connectivity index (χ1) is 9.45. The molecule has 0 N–H and O–H groups in total. The molecular weight excluding hydrogens is 343 g/mol. The van der Waals surface area contributed by atoms with E-state index in [2.05, 4.69) is 61.2 Å². The van der Waals surface area contributed by atoms with Crippen molar-refractivity contribution in [3.63, 3.8) is 0 Å². The van der Waals surface area contributed by atoms with Crippen molar-refractivity contribution in [1.82, 2.24) is 0 Å². The van der Waals surface area contributed by atoms with E-state index in [9.17, 15) is 0 Å². The van der Waals surface area contributed by atoms with E-state index in [1.807, 2.05) is 6.66 Å². The second-order valence-electron chi connectivity index (χ2n) is 4.60. The molecule has 0 aliphatic carbocycles. The molecule has 0 fully saturated rings. The fourth-order valence-corrected chi connectivity index (χ4v) is 5.28. The number of benzene rings is 2. The zero-order valence-corrected chi connectivity index (χ0v) is 16.4. The van der Waals surface area contributed by atoms with Crippen molar-refractivity contribution in [2.24, 2.45) is 6.66 Å². The summed E-state index contributed by atoms with van der Waals surface area (Å²) in [5.74, 6) is 0. The molecule has 1 aromatic heterocycles. The topological polar surface area (TPSA) is 26.3 Å². The fraction of sp³-hybridized carbons (Fsp3) is 0.0769. The lowest BCUT2D eigenvalue weighted by atomic mass is 10.1. The Morgan fingerprint density at radius 1 is 0.750 bits per heavy atom. The van der Waals surface area contributed by atoms with Crippen molar-refractivity contribution in [2.45, 2.75) is 0 Å². The average Bonchev–Trinajstić information content (AvgIpc) is 2.48. The van der Waals surface area contributed by atoms with Gasteiger partial charge in [-0.1, -0.05) is 0 Å². The van der Waals surface area contributed by atoms with E-state index in [0.717, 1.165) is 43.2 Å². The Morgan fingerprint density at radius 3 is 1.55 bits per heavy atom. The summed E-state index contributed by atoms with van der Waals surface area (Å²) in [5.41, 5.74) is 1.79. The van der Waals surface area contributed by atoms with Crippen LogP contribution in [-0.2, 0) is 6.66 Å². The number of aryl methyl sites for hydroxylation is 1. The lowest BCUT2D eigenvalue weighted by Crippen LogP contribution is -2.04. The van der Waals surface area contributed by atoms with Gasteiger partial charge in [-0.15, -0.1) is 37.0 Å². The van der Waals surface area contributed by atoms with Crippen LogP contribution >= 0.6 is 45.0 Å². The van der Waals surface area contributed by atoms with E-state index >= 15 is 0 Å². The van der Waals surface area contributed by atoms with E-state index in [0.29, 0.717) is 0 Å². The fourth-order valence-electron chi connectivity index (χ4n) is 2.23. The molecule has 4 atom stereocenters. The molecule has 7 heteroatoms. The molecule has 1 heterocycles. The van der Waals surface area contributed by atoms with Crippen LogP contribution in [0.2, 0.25) is 0 Å². The first kappa shape index (κ1) is 15.0. The summed E-state index contributed by atoms with van der Waals surface area (Å²) in [6.07, 6.45) is 0. The first-order valence-electron chi connectivity index (χ1n) is 5.93. The molecule has 2 aromatic carbocycles. The van der Waals surface area contributed by atoms with Gasteiger partial charge < -0.3 is 8.39 Å². The standard InChI is InChI=1S/C13H15O2P5/c1-20-14-12-8(2-6(16)4-10(12)18)9-3-7(17)5-11(19)13(9)15-20/h2-5H,16-19H2,1H3. The highest BCUT2D eigenvalue weighted by atomic mass is 31.1. The summed E-state index contributed by atoms with van der Waals surface area (Å²) in [5, 5.41) is 6.53. The third-order valence-electron chi connectivity index (χ3n) is 3.01. The van der Waals surface area contributed by atoms with Gasteiger partial charge in [-0.25, -0.2) is 0 Å². The third kappa shape index (κ3) is 2.71. The van der Waals surface area contributed by atoms with Gasteiger partial charge >= 0.3 is 0 Å². The zero-order valence-electron chi connectivity index (χ0n) is 10.9. The summed E-state index contributed by atoms with van der Waals surface area (Å²) in [4.78, 5) is 0. The molecule has 0 aliphatic rings. The van der Waals surface area contributed by atoms with E-state index < -0.39 is 8.01 Å². The summed E-state index contributed by atoms with van der Waals surface area (Å²) in [7, 11) is 10.0. The van der Waals surface area contributed by atoms with Gasteiger partial charge in [0.15, 0.2) is 0 Å². The minimum atomic E-state index is -0.983. The number of hydrogen-bond acceptors (Lipinski definition) is 2. The van der Waals surface area contributed by atoms with E-state index in [-0.39, 0.29) is 0 Å². The predicted octanol–water partition coefficient (Wildman–Crippen LogP) is 2.83. The SMILES string of the molecule is Cp1oc2c(P)cc(P)cc2c2cc(P)cc(P)c2o1. The van der Waals surface area contributed by atoms with Crippen molar-refractivity contribution >= 4 is 88.1 Å². The van der Waals surface area contributed by atoms with Crippen LogP contribution in [0.3, 0.4) is 0 Å². The van der Waals surface area contributed by atoms with Crippen LogP contribution in [-0.4, -0.2) is 0 Å². The van der Waals surface area contributed by atoms with E-state index in [1.165, 1.54) is 0 Å². The average molecular weight is 358 g/mol. The quantitative estimate of drug-likeness (QED) is 0.578. The van der Waals surface area contributed by atoms with Crippen LogP contribution in [0.4, 0.5) is 0 Å². The van der Waals surface area contributed by atoms with E-state index in [1.54, 1.807) is 0 Å². The van der Waals surface area contributed by atoms with Crippen LogP contribution in [0, 0.1) is 0 Å². The van der Waals surface area contributed by atoms with Crippen LogP contribution in [0.15, 0.2) is 32.7 Å². The molecule has 20 heavy (non-hydrogen) atoms. The molecule has 0 aliphatic heterocycles. The molecule has 0 bridgehead atoms. The van der Waals surface area contributed by atoms with Crippen LogP contribution in [0.25, 0.3) is 21.9 Å². The monoisotopic (exact) mass is 358 g/mol. The van der Waals surface area contributed by atoms with Gasteiger partial charge in [0, 0.05) is 28.0 Å². The van der Waals surface area contributed by atoms with Gasteiger partial charge in [0.2, 0.25) is 8.01 Å². The Bertz CT molecular complexity index is 800. The summed E-state index contributed by atoms with van der Waals surface area (Å²) in [6.45, 7) is 1.98. The van der Waals surface area contributed by atoms with Gasteiger partial charge in [0.1, 0.15) is 11.2 Å². The molecule has 0 saturated carbocycles. The lowest BCUT2D eigenvalue weighted by molar-refractivity contribution is 0.647. The smallest absolute Gasteiger partial charge is 0.213 e. The minimum Gasteiger partial charge on any atom is -0.419 e. The molecular formula is C13H15O2P5. The highest BCUT2D eigenvalue weighted by Gasteiger charge is 2.10. The third-order valence-corrected chi connectivity index (χ3v) is 5.41. The molecule has 0 radical (unpaired) electrons. The summed E-state index contributed by atoms with van der Waals surface area (Å²) >= 11 is 0. The molecule has 0 saturated heterocycles. The van der Waals surface area contributed by atoms with Crippen molar-refractivity contribution in [3.8, 4) is 0 Å². The normalized spacial score (nSPS) is 11.2. The molecule has 2 nitrogen and oxygen atoms in total. The maximum atomic E-state index is 6.02. The largest absolute Gasteiger partial charge is 0.419 e. The Labute approximate surface area is 127 Å². The first-order valence-corrected chi connectivity index (χ1v) is 9.87. The van der Waals surface area contributed by atoms with Gasteiger partial charge in [-0.3, -0.25) is 0 Å². The zero-order chi connectivity index (χ0) is 14.4. The van der Waals surface area contributed by atoms with Crippen LogP contribution in [0.1, 0.15) is 0 Å². The van der Waals surface area contributed by atoms with Crippen LogP contribution < -0.4 is 21.2 Å². The van der Waals surface area contributed by atoms with Crippen molar-refractivity contribution in [3.05, 3.63) is 24.3 Å². The maximum Gasteiger partial charge on any atom is 0.213 e. The summed E-state index contributed by atoms with van der Waals surface area (Å²) < 4.78 is 12.0. The lowest BCUT2D eigenvalue weighted by Gasteiger charge is -2.03. The highest BCUT2D eigenvalue weighted by Crippen LogP contribution is 2.32. The van der Waals surface area contributed by atoms with Gasteiger partial charge in [-0.2, -0.15) is 0 Å². The molecule has 0 amide bonds. The number of rotatable bonds is 0. The second-order valence-corrected chi connectivity index (χ2v) is 8.42. The Balaban J connectivity index is 2.70. The maximum absolute atomic E-state index is 6.02. The van der Waals surface area contributed by atoms with Crippen molar-refractivity contribution in [2.75, 3.05) is 0 Å². The predicted molar refractivity (Wildman–Crippen MR) is 105 cm³/mol. The van der Waals surface area contributed by atoms with Gasteiger partial charge in [-0.05, 0) is 34.9 Å². The minimum absolute atomic E-state index is 0.897. The molecule has 3 aromatic rings. The van der Waals surface area contributed by atoms with E-state index in [4.69, 9.17) is 8.39 Å². The Morgan fingerprint density at radius 2 is 1.15 bits per heavy atom. The second kappa shape index (κ2) is 5.69. The highest BCUT2D eigenvalue weighted by molar-refractivity contribution is 7.35. The van der Waals surface area contributed by atoms with Gasteiger partial charge in [0.25, 0.3) is 0 Å². The molecule has 4 unspecified atom stereocenters. The number of hydrogen-bond donors (Lipinski definition) is 0. The Hall–Kier alpha value is 0.0600. The van der Waals surface area contributed by atoms with Crippen molar-refractivity contribution < 1.29 is 8.39 Å². The van der Waals surface area contributed by atoms with Gasteiger partial charge in [0.05, 0.1) is 0 Å². The molecule has 3 rings (SSSR count).